The summed E-state index contributed by atoms with van der Waals surface area (Å²) in [4.78, 5) is 19.8. The van der Waals surface area contributed by atoms with Crippen molar-refractivity contribution in [1.29, 1.82) is 0 Å². The molecule has 4 rings (SSSR count). The molecule has 2 unspecified atom stereocenters. The first-order valence-corrected chi connectivity index (χ1v) is 8.50. The number of morpholine rings is 1. The standard InChI is InChI=1S/C20H20N2O3/c1-13-11-22(12-14(2)25-13)20(23)16-10-18(19-8-5-9-24-19)21-17-7-4-3-6-15(16)17/h3-10,13-14H,11-12H2,1-2H3. The molecule has 3 aromatic rings. The summed E-state index contributed by atoms with van der Waals surface area (Å²) in [5, 5.41) is 0.856. The maximum Gasteiger partial charge on any atom is 0.254 e. The molecule has 1 saturated heterocycles. The van der Waals surface area contributed by atoms with E-state index < -0.39 is 0 Å². The fraction of sp³-hybridized carbons (Fsp3) is 0.300. The van der Waals surface area contributed by atoms with Crippen LogP contribution in [0.1, 0.15) is 24.2 Å². The first-order valence-electron chi connectivity index (χ1n) is 8.50. The number of rotatable bonds is 2. The van der Waals surface area contributed by atoms with Gasteiger partial charge in [0, 0.05) is 18.5 Å². The summed E-state index contributed by atoms with van der Waals surface area (Å²) >= 11 is 0. The van der Waals surface area contributed by atoms with Gasteiger partial charge in [0.1, 0.15) is 5.69 Å². The molecule has 128 valence electrons. The third kappa shape index (κ3) is 3.03. The number of furan rings is 1. The van der Waals surface area contributed by atoms with E-state index in [1.165, 1.54) is 0 Å². The van der Waals surface area contributed by atoms with E-state index in [-0.39, 0.29) is 18.1 Å². The zero-order valence-corrected chi connectivity index (χ0v) is 14.3. The number of aromatic nitrogens is 1. The molecule has 2 aromatic heterocycles. The van der Waals surface area contributed by atoms with E-state index in [2.05, 4.69) is 4.98 Å². The van der Waals surface area contributed by atoms with Gasteiger partial charge in [0.15, 0.2) is 5.76 Å². The molecule has 1 aliphatic rings. The Bertz CT molecular complexity index is 894. The van der Waals surface area contributed by atoms with Crippen LogP contribution in [0.5, 0.6) is 0 Å². The average molecular weight is 336 g/mol. The SMILES string of the molecule is CC1CN(C(=O)c2cc(-c3ccco3)nc3ccccc23)CC(C)O1. The summed E-state index contributed by atoms with van der Waals surface area (Å²) in [6, 6.07) is 13.2. The van der Waals surface area contributed by atoms with Crippen LogP contribution >= 0.6 is 0 Å². The Morgan fingerprint density at radius 2 is 1.88 bits per heavy atom. The number of hydrogen-bond acceptors (Lipinski definition) is 4. The molecule has 0 spiro atoms. The highest BCUT2D eigenvalue weighted by atomic mass is 16.5. The molecular weight excluding hydrogens is 316 g/mol. The number of ether oxygens (including phenoxy) is 1. The molecule has 1 aliphatic heterocycles. The second kappa shape index (κ2) is 6.33. The monoisotopic (exact) mass is 336 g/mol. The van der Waals surface area contributed by atoms with Gasteiger partial charge < -0.3 is 14.1 Å². The molecule has 1 amide bonds. The lowest BCUT2D eigenvalue weighted by Crippen LogP contribution is -2.48. The highest BCUT2D eigenvalue weighted by Crippen LogP contribution is 2.27. The van der Waals surface area contributed by atoms with Crippen molar-refractivity contribution in [3.05, 3.63) is 54.3 Å². The lowest BCUT2D eigenvalue weighted by Gasteiger charge is -2.35. The summed E-state index contributed by atoms with van der Waals surface area (Å²) in [5.74, 6) is 0.664. The van der Waals surface area contributed by atoms with E-state index in [0.29, 0.717) is 30.1 Å². The molecule has 0 bridgehead atoms. The second-order valence-corrected chi connectivity index (χ2v) is 6.52. The number of hydrogen-bond donors (Lipinski definition) is 0. The van der Waals surface area contributed by atoms with Crippen molar-refractivity contribution >= 4 is 16.8 Å². The molecule has 25 heavy (non-hydrogen) atoms. The lowest BCUT2D eigenvalue weighted by molar-refractivity contribution is -0.0585. The molecule has 0 radical (unpaired) electrons. The Hall–Kier alpha value is -2.66. The summed E-state index contributed by atoms with van der Waals surface area (Å²) in [6.07, 6.45) is 1.68. The van der Waals surface area contributed by atoms with Crippen molar-refractivity contribution in [2.75, 3.05) is 13.1 Å². The number of fused-ring (bicyclic) bond motifs is 1. The van der Waals surface area contributed by atoms with Gasteiger partial charge in [-0.25, -0.2) is 4.98 Å². The Kier molecular flexibility index (Phi) is 4.01. The summed E-state index contributed by atoms with van der Waals surface area (Å²) in [7, 11) is 0. The molecular formula is C20H20N2O3. The van der Waals surface area contributed by atoms with Crippen molar-refractivity contribution < 1.29 is 13.9 Å². The van der Waals surface area contributed by atoms with Crippen molar-refractivity contribution in [2.24, 2.45) is 0 Å². The molecule has 5 nitrogen and oxygen atoms in total. The maximum atomic E-state index is 13.2. The predicted molar refractivity (Wildman–Crippen MR) is 95.4 cm³/mol. The molecule has 0 saturated carbocycles. The average Bonchev–Trinajstić information content (AvgIpc) is 3.14. The van der Waals surface area contributed by atoms with E-state index in [9.17, 15) is 4.79 Å². The van der Waals surface area contributed by atoms with Gasteiger partial charge in [0.2, 0.25) is 0 Å². The predicted octanol–water partition coefficient (Wildman–Crippen LogP) is 3.74. The zero-order chi connectivity index (χ0) is 17.4. The number of carbonyl (C=O) groups is 1. The first-order chi connectivity index (χ1) is 12.1. The second-order valence-electron chi connectivity index (χ2n) is 6.52. The number of benzene rings is 1. The summed E-state index contributed by atoms with van der Waals surface area (Å²) < 4.78 is 11.2. The van der Waals surface area contributed by atoms with Gasteiger partial charge in [-0.2, -0.15) is 0 Å². The van der Waals surface area contributed by atoms with Crippen LogP contribution in [0.3, 0.4) is 0 Å². The molecule has 2 atom stereocenters. The fourth-order valence-electron chi connectivity index (χ4n) is 3.42. The molecule has 0 N–H and O–H groups in total. The smallest absolute Gasteiger partial charge is 0.254 e. The van der Waals surface area contributed by atoms with Gasteiger partial charge in [0.05, 0.1) is 29.6 Å². The van der Waals surface area contributed by atoms with E-state index >= 15 is 0 Å². The van der Waals surface area contributed by atoms with Crippen LogP contribution < -0.4 is 0 Å². The fourth-order valence-corrected chi connectivity index (χ4v) is 3.42. The molecule has 3 heterocycles. The Labute approximate surface area is 146 Å². The minimum absolute atomic E-state index is 0.00778. The Morgan fingerprint density at radius 3 is 2.60 bits per heavy atom. The highest BCUT2D eigenvalue weighted by molar-refractivity contribution is 6.07. The van der Waals surface area contributed by atoms with E-state index in [1.807, 2.05) is 61.2 Å². The summed E-state index contributed by atoms with van der Waals surface area (Å²) in [6.45, 7) is 5.18. The number of pyridine rings is 1. The number of nitrogens with zero attached hydrogens (tertiary/aromatic N) is 2. The van der Waals surface area contributed by atoms with Crippen molar-refractivity contribution in [3.63, 3.8) is 0 Å². The van der Waals surface area contributed by atoms with Gasteiger partial charge in [-0.3, -0.25) is 4.79 Å². The molecule has 5 heteroatoms. The van der Waals surface area contributed by atoms with Crippen LogP contribution in [0.25, 0.3) is 22.4 Å². The van der Waals surface area contributed by atoms with E-state index in [4.69, 9.17) is 9.15 Å². The third-order valence-electron chi connectivity index (χ3n) is 4.43. The highest BCUT2D eigenvalue weighted by Gasteiger charge is 2.28. The molecule has 0 aliphatic carbocycles. The van der Waals surface area contributed by atoms with Gasteiger partial charge in [0.25, 0.3) is 5.91 Å². The van der Waals surface area contributed by atoms with Crippen LogP contribution in [0, 0.1) is 0 Å². The number of amides is 1. The topological polar surface area (TPSA) is 55.6 Å². The number of para-hydroxylation sites is 1. The number of carbonyl (C=O) groups excluding carboxylic acids is 1. The first kappa shape index (κ1) is 15.8. The minimum Gasteiger partial charge on any atom is -0.463 e. The van der Waals surface area contributed by atoms with Crippen molar-refractivity contribution in [3.8, 4) is 11.5 Å². The van der Waals surface area contributed by atoms with Gasteiger partial charge in [-0.15, -0.1) is 0 Å². The Morgan fingerprint density at radius 1 is 1.12 bits per heavy atom. The quantitative estimate of drug-likeness (QED) is 0.715. The normalized spacial score (nSPS) is 20.8. The largest absolute Gasteiger partial charge is 0.463 e. The molecule has 1 aromatic carbocycles. The van der Waals surface area contributed by atoms with Crippen LogP contribution in [-0.2, 0) is 4.74 Å². The van der Waals surface area contributed by atoms with Gasteiger partial charge >= 0.3 is 0 Å². The lowest BCUT2D eigenvalue weighted by atomic mass is 10.0. The summed E-state index contributed by atoms with van der Waals surface area (Å²) in [5.41, 5.74) is 2.11. The van der Waals surface area contributed by atoms with Crippen molar-refractivity contribution in [1.82, 2.24) is 9.88 Å². The van der Waals surface area contributed by atoms with Crippen LogP contribution in [0.4, 0.5) is 0 Å². The van der Waals surface area contributed by atoms with Gasteiger partial charge in [-0.1, -0.05) is 18.2 Å². The minimum atomic E-state index is 0.00778. The van der Waals surface area contributed by atoms with E-state index in [0.717, 1.165) is 10.9 Å². The Balaban J connectivity index is 1.81. The third-order valence-corrected chi connectivity index (χ3v) is 4.43. The maximum absolute atomic E-state index is 13.2. The van der Waals surface area contributed by atoms with Crippen LogP contribution in [-0.4, -0.2) is 41.1 Å². The van der Waals surface area contributed by atoms with Gasteiger partial charge in [-0.05, 0) is 38.1 Å². The zero-order valence-electron chi connectivity index (χ0n) is 14.3. The van der Waals surface area contributed by atoms with Crippen molar-refractivity contribution in [2.45, 2.75) is 26.1 Å². The van der Waals surface area contributed by atoms with Crippen LogP contribution in [0.15, 0.2) is 53.1 Å². The molecule has 1 fully saturated rings. The van der Waals surface area contributed by atoms with Crippen LogP contribution in [0.2, 0.25) is 0 Å². The van der Waals surface area contributed by atoms with E-state index in [1.54, 1.807) is 6.26 Å².